The molecule has 0 aliphatic rings. The summed E-state index contributed by atoms with van der Waals surface area (Å²) in [7, 11) is 0. The van der Waals surface area contributed by atoms with E-state index in [0.29, 0.717) is 24.6 Å². The molecule has 1 aromatic heterocycles. The number of hydrogen-bond donors (Lipinski definition) is 1. The number of rotatable bonds is 5. The van der Waals surface area contributed by atoms with Crippen molar-refractivity contribution >= 4 is 34.2 Å². The first-order valence-electron chi connectivity index (χ1n) is 7.97. The second-order valence-corrected chi connectivity index (χ2v) is 7.13. The summed E-state index contributed by atoms with van der Waals surface area (Å²) in [5.74, 6) is 0.937. The minimum Gasteiger partial charge on any atom is -0.339 e. The Morgan fingerprint density at radius 2 is 1.92 bits per heavy atom. The number of aromatic nitrogens is 2. The number of halogens is 1. The first-order valence-corrected chi connectivity index (χ1v) is 9.05. The number of carbonyl (C=O) groups excluding carboxylic acids is 1. The monoisotopic (exact) mass is 447 g/mol. The van der Waals surface area contributed by atoms with Gasteiger partial charge in [-0.1, -0.05) is 35.0 Å². The molecule has 0 fully saturated rings. The Hall–Kier alpha value is -2.22. The van der Waals surface area contributed by atoms with E-state index in [1.165, 1.54) is 5.56 Å². The molecular formula is C19H18IN3O2. The predicted octanol–water partition coefficient (Wildman–Crippen LogP) is 4.53. The summed E-state index contributed by atoms with van der Waals surface area (Å²) in [6.07, 6.45) is 0.704. The minimum atomic E-state index is -0.0685. The molecule has 25 heavy (non-hydrogen) atoms. The summed E-state index contributed by atoms with van der Waals surface area (Å²) < 4.78 is 6.39. The van der Waals surface area contributed by atoms with Gasteiger partial charge in [0, 0.05) is 27.7 Å². The predicted molar refractivity (Wildman–Crippen MR) is 105 cm³/mol. The maximum atomic E-state index is 12.1. The summed E-state index contributed by atoms with van der Waals surface area (Å²) in [6, 6.07) is 13.8. The number of aryl methyl sites for hydroxylation is 3. The summed E-state index contributed by atoms with van der Waals surface area (Å²) in [6.45, 7) is 4.01. The highest BCUT2D eigenvalue weighted by Gasteiger charge is 2.11. The number of hydrogen-bond acceptors (Lipinski definition) is 4. The second kappa shape index (κ2) is 7.77. The van der Waals surface area contributed by atoms with Crippen molar-refractivity contribution < 1.29 is 9.32 Å². The van der Waals surface area contributed by atoms with Crippen LogP contribution in [0.3, 0.4) is 0 Å². The Bertz CT molecular complexity index is 888. The zero-order valence-electron chi connectivity index (χ0n) is 14.0. The molecule has 0 aliphatic carbocycles. The number of amides is 1. The highest BCUT2D eigenvalue weighted by Crippen LogP contribution is 2.19. The summed E-state index contributed by atoms with van der Waals surface area (Å²) in [5, 5.41) is 6.90. The van der Waals surface area contributed by atoms with Crippen molar-refractivity contribution in [3.63, 3.8) is 0 Å². The van der Waals surface area contributed by atoms with E-state index >= 15 is 0 Å². The standard InChI is InChI=1S/C19H18IN3O2/c1-12-3-8-16(13(2)11-12)21-17(24)9-10-18-22-19(23-25-18)14-4-6-15(20)7-5-14/h3-8,11H,9-10H2,1-2H3,(H,21,24). The van der Waals surface area contributed by atoms with Crippen LogP contribution in [0, 0.1) is 17.4 Å². The fraction of sp³-hybridized carbons (Fsp3) is 0.211. The molecule has 0 unspecified atom stereocenters. The van der Waals surface area contributed by atoms with Crippen LogP contribution in [0.15, 0.2) is 47.0 Å². The van der Waals surface area contributed by atoms with Crippen LogP contribution in [0.5, 0.6) is 0 Å². The molecule has 0 atom stereocenters. The zero-order valence-corrected chi connectivity index (χ0v) is 16.2. The Morgan fingerprint density at radius 1 is 1.16 bits per heavy atom. The van der Waals surface area contributed by atoms with Crippen molar-refractivity contribution in [2.75, 3.05) is 5.32 Å². The van der Waals surface area contributed by atoms with Crippen LogP contribution in [0.1, 0.15) is 23.4 Å². The first-order chi connectivity index (χ1) is 12.0. The third-order valence-corrected chi connectivity index (χ3v) is 4.51. The van der Waals surface area contributed by atoms with Crippen LogP contribution < -0.4 is 5.32 Å². The van der Waals surface area contributed by atoms with Crippen molar-refractivity contribution in [2.45, 2.75) is 26.7 Å². The Balaban J connectivity index is 1.58. The molecule has 2 aromatic carbocycles. The summed E-state index contributed by atoms with van der Waals surface area (Å²) in [4.78, 5) is 16.5. The molecule has 0 saturated carbocycles. The Morgan fingerprint density at radius 3 is 2.64 bits per heavy atom. The quantitative estimate of drug-likeness (QED) is 0.584. The van der Waals surface area contributed by atoms with Gasteiger partial charge in [0.2, 0.25) is 17.6 Å². The molecule has 128 valence electrons. The SMILES string of the molecule is Cc1ccc(NC(=O)CCc2nc(-c3ccc(I)cc3)no2)c(C)c1. The molecule has 3 rings (SSSR count). The van der Waals surface area contributed by atoms with Gasteiger partial charge in [-0.2, -0.15) is 4.98 Å². The summed E-state index contributed by atoms with van der Waals surface area (Å²) in [5.41, 5.74) is 3.95. The maximum Gasteiger partial charge on any atom is 0.227 e. The maximum absolute atomic E-state index is 12.1. The molecule has 5 nitrogen and oxygen atoms in total. The van der Waals surface area contributed by atoms with Gasteiger partial charge in [-0.3, -0.25) is 4.79 Å². The largest absolute Gasteiger partial charge is 0.339 e. The third-order valence-electron chi connectivity index (χ3n) is 3.79. The van der Waals surface area contributed by atoms with Crippen LogP contribution in [0.2, 0.25) is 0 Å². The molecule has 0 radical (unpaired) electrons. The number of carbonyl (C=O) groups is 1. The fourth-order valence-electron chi connectivity index (χ4n) is 2.46. The lowest BCUT2D eigenvalue weighted by atomic mass is 10.1. The first kappa shape index (κ1) is 17.6. The van der Waals surface area contributed by atoms with Gasteiger partial charge in [-0.15, -0.1) is 0 Å². The molecule has 0 bridgehead atoms. The Kier molecular flexibility index (Phi) is 5.47. The molecule has 0 spiro atoms. The van der Waals surface area contributed by atoms with Gasteiger partial charge in [0.1, 0.15) is 0 Å². The average Bonchev–Trinajstić information content (AvgIpc) is 3.05. The number of anilines is 1. The van der Waals surface area contributed by atoms with E-state index in [-0.39, 0.29) is 5.91 Å². The van der Waals surface area contributed by atoms with E-state index in [2.05, 4.69) is 38.0 Å². The van der Waals surface area contributed by atoms with Gasteiger partial charge in [-0.05, 0) is 60.2 Å². The molecule has 1 amide bonds. The van der Waals surface area contributed by atoms with Gasteiger partial charge in [0.15, 0.2) is 0 Å². The smallest absolute Gasteiger partial charge is 0.227 e. The van der Waals surface area contributed by atoms with Gasteiger partial charge in [0.25, 0.3) is 0 Å². The average molecular weight is 447 g/mol. The zero-order chi connectivity index (χ0) is 17.8. The molecule has 6 heteroatoms. The van der Waals surface area contributed by atoms with E-state index in [9.17, 15) is 4.79 Å². The molecule has 3 aromatic rings. The third kappa shape index (κ3) is 4.66. The van der Waals surface area contributed by atoms with Crippen molar-refractivity contribution in [1.29, 1.82) is 0 Å². The molecule has 0 saturated heterocycles. The second-order valence-electron chi connectivity index (χ2n) is 5.89. The van der Waals surface area contributed by atoms with E-state index in [1.807, 2.05) is 56.3 Å². The minimum absolute atomic E-state index is 0.0685. The molecule has 1 N–H and O–H groups in total. The van der Waals surface area contributed by atoms with E-state index in [1.54, 1.807) is 0 Å². The topological polar surface area (TPSA) is 68.0 Å². The van der Waals surface area contributed by atoms with Crippen LogP contribution in [0.25, 0.3) is 11.4 Å². The van der Waals surface area contributed by atoms with Crippen LogP contribution >= 0.6 is 22.6 Å². The molecular weight excluding hydrogens is 429 g/mol. The van der Waals surface area contributed by atoms with Crippen molar-refractivity contribution in [3.8, 4) is 11.4 Å². The van der Waals surface area contributed by atoms with Crippen LogP contribution in [-0.2, 0) is 11.2 Å². The van der Waals surface area contributed by atoms with Gasteiger partial charge in [0.05, 0.1) is 0 Å². The van der Waals surface area contributed by atoms with E-state index in [0.717, 1.165) is 20.4 Å². The van der Waals surface area contributed by atoms with E-state index < -0.39 is 0 Å². The summed E-state index contributed by atoms with van der Waals surface area (Å²) >= 11 is 2.25. The van der Waals surface area contributed by atoms with E-state index in [4.69, 9.17) is 4.52 Å². The van der Waals surface area contributed by atoms with Gasteiger partial charge >= 0.3 is 0 Å². The normalized spacial score (nSPS) is 10.7. The molecule has 0 aliphatic heterocycles. The number of benzene rings is 2. The highest BCUT2D eigenvalue weighted by molar-refractivity contribution is 14.1. The fourth-order valence-corrected chi connectivity index (χ4v) is 2.82. The Labute approximate surface area is 160 Å². The van der Waals surface area contributed by atoms with Gasteiger partial charge < -0.3 is 9.84 Å². The highest BCUT2D eigenvalue weighted by atomic mass is 127. The molecule has 1 heterocycles. The van der Waals surface area contributed by atoms with Crippen molar-refractivity contribution in [1.82, 2.24) is 10.1 Å². The van der Waals surface area contributed by atoms with Crippen LogP contribution in [0.4, 0.5) is 5.69 Å². The van der Waals surface area contributed by atoms with Crippen molar-refractivity contribution in [2.24, 2.45) is 0 Å². The lowest BCUT2D eigenvalue weighted by Crippen LogP contribution is -2.13. The number of nitrogens with one attached hydrogen (secondary N) is 1. The van der Waals surface area contributed by atoms with Crippen molar-refractivity contribution in [3.05, 3.63) is 63.1 Å². The van der Waals surface area contributed by atoms with Crippen LogP contribution in [-0.4, -0.2) is 16.0 Å². The lowest BCUT2D eigenvalue weighted by Gasteiger charge is -2.08. The number of nitrogens with zero attached hydrogens (tertiary/aromatic N) is 2. The van der Waals surface area contributed by atoms with Gasteiger partial charge in [-0.25, -0.2) is 0 Å². The lowest BCUT2D eigenvalue weighted by molar-refractivity contribution is -0.116.